The number of ether oxygens (including phenoxy) is 3. The molecule has 5 atom stereocenters. The van der Waals surface area contributed by atoms with E-state index in [1.54, 1.807) is 19.1 Å². The second-order valence-corrected chi connectivity index (χ2v) is 14.5. The van der Waals surface area contributed by atoms with Crippen LogP contribution in [0.4, 0.5) is 5.95 Å². The van der Waals surface area contributed by atoms with Crippen LogP contribution in [0.3, 0.4) is 0 Å². The summed E-state index contributed by atoms with van der Waals surface area (Å²) in [5, 5.41) is 4.45. The molecule has 5 rings (SSSR count). The molecule has 0 amide bonds. The first-order valence-corrected chi connectivity index (χ1v) is 17.0. The first-order valence-electron chi connectivity index (χ1n) is 15.4. The predicted molar refractivity (Wildman–Crippen MR) is 174 cm³/mol. The Morgan fingerprint density at radius 1 is 1.17 bits per heavy atom. The van der Waals surface area contributed by atoms with E-state index in [4.69, 9.17) is 29.0 Å². The van der Waals surface area contributed by atoms with E-state index < -0.39 is 32.1 Å². The smallest absolute Gasteiger partial charge is 0.459 e. The van der Waals surface area contributed by atoms with Gasteiger partial charge in [-0.25, -0.2) is 9.55 Å². The average Bonchev–Trinajstić information content (AvgIpc) is 3.52. The summed E-state index contributed by atoms with van der Waals surface area (Å²) < 4.78 is 46.0. The molecule has 3 N–H and O–H groups in total. The van der Waals surface area contributed by atoms with E-state index in [1.165, 1.54) is 0 Å². The maximum atomic E-state index is 14.4. The number of hydrogen-bond donors (Lipinski definition) is 2. The highest BCUT2D eigenvalue weighted by molar-refractivity contribution is 7.52. The molecule has 1 fully saturated rings. The molecule has 46 heavy (non-hydrogen) atoms. The second kappa shape index (κ2) is 13.5. The van der Waals surface area contributed by atoms with E-state index in [2.05, 4.69) is 20.0 Å². The van der Waals surface area contributed by atoms with E-state index in [0.717, 1.165) is 10.8 Å². The zero-order valence-corrected chi connectivity index (χ0v) is 28.2. The van der Waals surface area contributed by atoms with Crippen LogP contribution in [-0.4, -0.2) is 57.5 Å². The second-order valence-electron chi connectivity index (χ2n) is 12.8. The third kappa shape index (κ3) is 7.60. The Hall–Kier alpha value is -3.77. The lowest BCUT2D eigenvalue weighted by Gasteiger charge is -2.25. The maximum Gasteiger partial charge on any atom is 0.459 e. The van der Waals surface area contributed by atoms with Crippen LogP contribution in [0, 0.1) is 18.3 Å². The van der Waals surface area contributed by atoms with Gasteiger partial charge in [-0.15, -0.1) is 0 Å². The van der Waals surface area contributed by atoms with Gasteiger partial charge in [-0.05, 0) is 44.1 Å². The highest BCUT2D eigenvalue weighted by Gasteiger charge is 2.39. The van der Waals surface area contributed by atoms with Gasteiger partial charge in [-0.3, -0.25) is 13.9 Å². The minimum Gasteiger partial charge on any atom is -0.476 e. The Morgan fingerprint density at radius 2 is 1.91 bits per heavy atom. The molecule has 3 heterocycles. The zero-order valence-electron chi connectivity index (χ0n) is 27.4. The van der Waals surface area contributed by atoms with Crippen LogP contribution in [0.1, 0.15) is 60.0 Å². The van der Waals surface area contributed by atoms with Gasteiger partial charge in [-0.1, -0.05) is 64.1 Å². The molecule has 2 aromatic heterocycles. The molecule has 1 aliphatic rings. The van der Waals surface area contributed by atoms with Crippen molar-refractivity contribution in [3.63, 3.8) is 0 Å². The van der Waals surface area contributed by atoms with Crippen molar-refractivity contribution in [3.8, 4) is 11.6 Å². The Labute approximate surface area is 268 Å². The molecule has 13 nitrogen and oxygen atoms in total. The summed E-state index contributed by atoms with van der Waals surface area (Å²) in [7, 11) is -4.15. The minimum absolute atomic E-state index is 0.00839. The summed E-state index contributed by atoms with van der Waals surface area (Å²) >= 11 is 0. The molecule has 0 aliphatic carbocycles. The Kier molecular flexibility index (Phi) is 9.88. The number of nitrogen functional groups attached to an aromatic ring is 1. The summed E-state index contributed by atoms with van der Waals surface area (Å²) in [6.07, 6.45) is -0.336. The first kappa shape index (κ1) is 33.6. The quantitative estimate of drug-likeness (QED) is 0.136. The molecule has 1 aliphatic heterocycles. The monoisotopic (exact) mass is 654 g/mol. The number of aromatic nitrogens is 4. The van der Waals surface area contributed by atoms with E-state index in [0.29, 0.717) is 41.6 Å². The normalized spacial score (nSPS) is 20.5. The number of aryl methyl sites for hydroxylation is 1. The number of imidazole rings is 1. The Bertz CT molecular complexity index is 1750. The number of nitrogens with zero attached hydrogens (tertiary/aromatic N) is 4. The standard InChI is InChI=1S/C32H43N6O7P/c1-8-41-28-26-27(35-31(33)36-28)38(21(4)34-26)29-19(2)16-23(44-29)17-43-46(40,37-20(3)30(39)42-18-32(5,6)7)45-25-15-11-13-22-12-9-10-14-24(22)25/h9-15,19-20,23,29H,8,16-18H2,1-7H3,(H,37,40)(H2,33,35,36). The van der Waals surface area contributed by atoms with Crippen LogP contribution in [0.5, 0.6) is 11.6 Å². The molecular formula is C32H43N6O7P. The lowest BCUT2D eigenvalue weighted by molar-refractivity contribution is -0.148. The van der Waals surface area contributed by atoms with Crippen molar-refractivity contribution in [1.82, 2.24) is 24.6 Å². The maximum absolute atomic E-state index is 14.4. The topological polar surface area (TPSA) is 162 Å². The largest absolute Gasteiger partial charge is 0.476 e. The fourth-order valence-electron chi connectivity index (χ4n) is 5.33. The van der Waals surface area contributed by atoms with Crippen LogP contribution >= 0.6 is 7.75 Å². The van der Waals surface area contributed by atoms with E-state index in [-0.39, 0.29) is 30.5 Å². The van der Waals surface area contributed by atoms with Crippen molar-refractivity contribution in [2.24, 2.45) is 11.3 Å². The van der Waals surface area contributed by atoms with Crippen LogP contribution in [0.15, 0.2) is 42.5 Å². The molecule has 0 bridgehead atoms. The number of nitrogens with two attached hydrogens (primary N) is 1. The molecule has 1 saturated heterocycles. The van der Waals surface area contributed by atoms with Gasteiger partial charge in [0.2, 0.25) is 11.8 Å². The summed E-state index contributed by atoms with van der Waals surface area (Å²) in [6.45, 7) is 13.7. The van der Waals surface area contributed by atoms with Crippen LogP contribution in [-0.2, 0) is 23.4 Å². The minimum atomic E-state index is -4.15. The van der Waals surface area contributed by atoms with Gasteiger partial charge in [0.05, 0.1) is 25.9 Å². The average molecular weight is 655 g/mol. The van der Waals surface area contributed by atoms with Crippen molar-refractivity contribution in [2.75, 3.05) is 25.6 Å². The van der Waals surface area contributed by atoms with Crippen molar-refractivity contribution in [2.45, 2.75) is 73.3 Å². The first-order chi connectivity index (χ1) is 21.8. The van der Waals surface area contributed by atoms with Gasteiger partial charge < -0.3 is 24.5 Å². The number of carbonyl (C=O) groups is 1. The number of benzene rings is 2. The van der Waals surface area contributed by atoms with Crippen LogP contribution in [0.25, 0.3) is 21.9 Å². The van der Waals surface area contributed by atoms with Crippen LogP contribution < -0.4 is 20.1 Å². The SMILES string of the molecule is CCOc1nc(N)nc2c1nc(C)n2C1OC(COP(=O)(NC(C)C(=O)OCC(C)(C)C)Oc2cccc3ccccc23)CC1C. The molecule has 5 unspecified atom stereocenters. The van der Waals surface area contributed by atoms with Gasteiger partial charge in [0.25, 0.3) is 0 Å². The fraction of sp³-hybridized carbons (Fsp3) is 0.500. The van der Waals surface area contributed by atoms with E-state index in [1.807, 2.05) is 76.4 Å². The number of fused-ring (bicyclic) bond motifs is 2. The number of nitrogens with one attached hydrogen (secondary N) is 1. The zero-order chi connectivity index (χ0) is 33.2. The van der Waals surface area contributed by atoms with Crippen molar-refractivity contribution >= 4 is 41.6 Å². The van der Waals surface area contributed by atoms with Gasteiger partial charge in [0, 0.05) is 11.3 Å². The number of esters is 1. The highest BCUT2D eigenvalue weighted by atomic mass is 31.2. The number of rotatable bonds is 12. The molecular weight excluding hydrogens is 611 g/mol. The Morgan fingerprint density at radius 3 is 2.65 bits per heavy atom. The van der Waals surface area contributed by atoms with Gasteiger partial charge in [0.1, 0.15) is 23.8 Å². The third-order valence-corrected chi connectivity index (χ3v) is 9.07. The number of anilines is 1. The fourth-order valence-corrected chi connectivity index (χ4v) is 6.88. The molecule has 14 heteroatoms. The molecule has 4 aromatic rings. The van der Waals surface area contributed by atoms with Gasteiger partial charge in [-0.2, -0.15) is 15.1 Å². The summed E-state index contributed by atoms with van der Waals surface area (Å²) in [5.74, 6) is 0.824. The summed E-state index contributed by atoms with van der Waals surface area (Å²) in [6, 6.07) is 12.0. The Balaban J connectivity index is 1.37. The third-order valence-electron chi connectivity index (χ3n) is 7.44. The van der Waals surface area contributed by atoms with Crippen molar-refractivity contribution in [1.29, 1.82) is 0 Å². The van der Waals surface area contributed by atoms with Crippen molar-refractivity contribution < 1.29 is 32.6 Å². The molecule has 0 saturated carbocycles. The number of hydrogen-bond acceptors (Lipinski definition) is 11. The van der Waals surface area contributed by atoms with E-state index in [9.17, 15) is 9.36 Å². The predicted octanol–water partition coefficient (Wildman–Crippen LogP) is 5.96. The summed E-state index contributed by atoms with van der Waals surface area (Å²) in [5.41, 5.74) is 6.76. The lowest BCUT2D eigenvalue weighted by Crippen LogP contribution is -2.37. The molecule has 0 spiro atoms. The molecule has 2 aromatic carbocycles. The van der Waals surface area contributed by atoms with E-state index >= 15 is 0 Å². The van der Waals surface area contributed by atoms with Crippen LogP contribution in [0.2, 0.25) is 0 Å². The number of carbonyl (C=O) groups excluding carboxylic acids is 1. The van der Waals surface area contributed by atoms with Gasteiger partial charge >= 0.3 is 13.7 Å². The highest BCUT2D eigenvalue weighted by Crippen LogP contribution is 2.48. The summed E-state index contributed by atoms with van der Waals surface area (Å²) in [4.78, 5) is 26.1. The molecule has 248 valence electrons. The lowest BCUT2D eigenvalue weighted by atomic mass is 9.99. The van der Waals surface area contributed by atoms with Crippen molar-refractivity contribution in [3.05, 3.63) is 48.3 Å². The van der Waals surface area contributed by atoms with Gasteiger partial charge in [0.15, 0.2) is 11.2 Å². The molecule has 0 radical (unpaired) electrons.